The van der Waals surface area contributed by atoms with Crippen LogP contribution in [0.1, 0.15) is 31.2 Å². The van der Waals surface area contributed by atoms with Crippen LogP contribution in [0.5, 0.6) is 0 Å². The van der Waals surface area contributed by atoms with Crippen molar-refractivity contribution < 1.29 is 23.9 Å². The lowest BCUT2D eigenvalue weighted by molar-refractivity contribution is -0.149. The second kappa shape index (κ2) is 9.34. The number of nitrogens with one attached hydrogen (secondary N) is 1. The summed E-state index contributed by atoms with van der Waals surface area (Å²) < 4.78 is 6.60. The maximum absolute atomic E-state index is 12.2. The minimum absolute atomic E-state index is 0.00868. The van der Waals surface area contributed by atoms with Crippen LogP contribution in [0.3, 0.4) is 0 Å². The predicted octanol–water partition coefficient (Wildman–Crippen LogP) is -0.0105. The van der Waals surface area contributed by atoms with Crippen LogP contribution in [-0.4, -0.2) is 76.1 Å². The molecule has 0 saturated carbocycles. The van der Waals surface area contributed by atoms with Crippen molar-refractivity contribution in [3.05, 3.63) is 11.4 Å². The fourth-order valence-electron chi connectivity index (χ4n) is 2.99. The van der Waals surface area contributed by atoms with Crippen LogP contribution in [0, 0.1) is 13.8 Å². The molecule has 1 N–H and O–H groups in total. The molecular formula is C18H27N5O5. The molecule has 1 aromatic rings. The van der Waals surface area contributed by atoms with Crippen molar-refractivity contribution in [3.8, 4) is 0 Å². The van der Waals surface area contributed by atoms with E-state index in [1.54, 1.807) is 28.5 Å². The molecule has 0 aliphatic carbocycles. The molecule has 1 fully saturated rings. The van der Waals surface area contributed by atoms with Gasteiger partial charge in [-0.25, -0.2) is 0 Å². The van der Waals surface area contributed by atoms with Crippen LogP contribution >= 0.6 is 0 Å². The monoisotopic (exact) mass is 393 g/mol. The lowest BCUT2D eigenvalue weighted by atomic mass is 10.2. The lowest BCUT2D eigenvalue weighted by Gasteiger charge is -2.34. The van der Waals surface area contributed by atoms with Gasteiger partial charge in [0.05, 0.1) is 23.5 Å². The first-order valence-corrected chi connectivity index (χ1v) is 9.18. The number of rotatable bonds is 6. The van der Waals surface area contributed by atoms with Crippen LogP contribution in [0.2, 0.25) is 0 Å². The summed E-state index contributed by atoms with van der Waals surface area (Å²) in [6, 6.07) is 0. The van der Waals surface area contributed by atoms with E-state index in [9.17, 15) is 19.2 Å². The zero-order valence-electron chi connectivity index (χ0n) is 16.8. The average Bonchev–Trinajstić information content (AvgIpc) is 2.90. The first kappa shape index (κ1) is 21.4. The third-order valence-corrected chi connectivity index (χ3v) is 4.76. The molecule has 2 rings (SSSR count). The van der Waals surface area contributed by atoms with E-state index in [0.29, 0.717) is 37.6 Å². The van der Waals surface area contributed by atoms with E-state index < -0.39 is 18.5 Å². The summed E-state index contributed by atoms with van der Waals surface area (Å²) in [4.78, 5) is 50.6. The number of ether oxygens (including phenoxy) is 1. The molecule has 10 heteroatoms. The number of carbonyl (C=O) groups is 4. The SMILES string of the molecule is CC(=O)N1CCN(C(=O)CCC(=O)OCC(=O)Nc2c(C)nn(C)c2C)CC1. The Morgan fingerprint density at radius 3 is 2.18 bits per heavy atom. The van der Waals surface area contributed by atoms with Gasteiger partial charge in [0, 0.05) is 46.6 Å². The van der Waals surface area contributed by atoms with Crippen LogP contribution in [0.4, 0.5) is 5.69 Å². The highest BCUT2D eigenvalue weighted by Gasteiger charge is 2.23. The molecule has 1 aromatic heterocycles. The number of nitrogens with zero attached hydrogens (tertiary/aromatic N) is 4. The molecule has 1 saturated heterocycles. The van der Waals surface area contributed by atoms with E-state index in [1.165, 1.54) is 6.92 Å². The molecule has 1 aliphatic rings. The molecule has 0 aromatic carbocycles. The van der Waals surface area contributed by atoms with Gasteiger partial charge >= 0.3 is 5.97 Å². The zero-order chi connectivity index (χ0) is 20.8. The highest BCUT2D eigenvalue weighted by Crippen LogP contribution is 2.18. The number of hydrogen-bond acceptors (Lipinski definition) is 6. The van der Waals surface area contributed by atoms with E-state index in [1.807, 2.05) is 6.92 Å². The van der Waals surface area contributed by atoms with E-state index >= 15 is 0 Å². The summed E-state index contributed by atoms with van der Waals surface area (Å²) >= 11 is 0. The van der Waals surface area contributed by atoms with Crippen molar-refractivity contribution in [3.63, 3.8) is 0 Å². The third-order valence-electron chi connectivity index (χ3n) is 4.76. The van der Waals surface area contributed by atoms with Crippen LogP contribution in [0.25, 0.3) is 0 Å². The van der Waals surface area contributed by atoms with Gasteiger partial charge in [-0.3, -0.25) is 23.9 Å². The number of carbonyl (C=O) groups excluding carboxylic acids is 4. The number of esters is 1. The van der Waals surface area contributed by atoms with E-state index in [-0.39, 0.29) is 24.7 Å². The van der Waals surface area contributed by atoms with Gasteiger partial charge in [0.2, 0.25) is 11.8 Å². The number of aryl methyl sites for hydroxylation is 2. The van der Waals surface area contributed by atoms with Crippen molar-refractivity contribution in [2.45, 2.75) is 33.6 Å². The fraction of sp³-hybridized carbons (Fsp3) is 0.611. The van der Waals surface area contributed by atoms with Crippen molar-refractivity contribution in [1.29, 1.82) is 0 Å². The van der Waals surface area contributed by atoms with E-state index in [2.05, 4.69) is 10.4 Å². The van der Waals surface area contributed by atoms with Gasteiger partial charge in [-0.2, -0.15) is 5.10 Å². The second-order valence-corrected chi connectivity index (χ2v) is 6.77. The smallest absolute Gasteiger partial charge is 0.306 e. The number of aromatic nitrogens is 2. The van der Waals surface area contributed by atoms with E-state index in [0.717, 1.165) is 5.69 Å². The molecule has 0 radical (unpaired) electrons. The first-order chi connectivity index (χ1) is 13.2. The minimum Gasteiger partial charge on any atom is -0.456 e. The maximum atomic E-state index is 12.2. The standard InChI is InChI=1S/C18H27N5O5/c1-12-18(13(2)21(4)20-12)19-15(25)11-28-17(27)6-5-16(26)23-9-7-22(8-10-23)14(3)24/h5-11H2,1-4H3,(H,19,25). The Morgan fingerprint density at radius 1 is 1.04 bits per heavy atom. The number of anilines is 1. The average molecular weight is 393 g/mol. The third kappa shape index (κ3) is 5.54. The van der Waals surface area contributed by atoms with Gasteiger partial charge in [0.1, 0.15) is 0 Å². The summed E-state index contributed by atoms with van der Waals surface area (Å²) in [6.07, 6.45) is -0.0780. The van der Waals surface area contributed by atoms with Gasteiger partial charge in [-0.15, -0.1) is 0 Å². The van der Waals surface area contributed by atoms with Crippen LogP contribution in [0.15, 0.2) is 0 Å². The Balaban J connectivity index is 1.69. The molecule has 0 unspecified atom stereocenters. The summed E-state index contributed by atoms with van der Waals surface area (Å²) in [5.74, 6) is -1.23. The molecule has 0 atom stereocenters. The molecule has 3 amide bonds. The van der Waals surface area contributed by atoms with E-state index in [4.69, 9.17) is 4.74 Å². The Bertz CT molecular complexity index is 765. The van der Waals surface area contributed by atoms with Gasteiger partial charge in [0.25, 0.3) is 5.91 Å². The summed E-state index contributed by atoms with van der Waals surface area (Å²) in [5.41, 5.74) is 2.08. The van der Waals surface area contributed by atoms with Crippen LogP contribution < -0.4 is 5.32 Å². The summed E-state index contributed by atoms with van der Waals surface area (Å²) in [6.45, 7) is 6.59. The fourth-order valence-corrected chi connectivity index (χ4v) is 2.99. The van der Waals surface area contributed by atoms with Crippen LogP contribution in [-0.2, 0) is 31.0 Å². The maximum Gasteiger partial charge on any atom is 0.306 e. The predicted molar refractivity (Wildman–Crippen MR) is 100 cm³/mol. The Morgan fingerprint density at radius 2 is 1.64 bits per heavy atom. The van der Waals surface area contributed by atoms with Gasteiger partial charge < -0.3 is 19.9 Å². The molecule has 2 heterocycles. The Labute approximate surface area is 163 Å². The van der Waals surface area contributed by atoms with Gasteiger partial charge in [0.15, 0.2) is 6.61 Å². The number of amides is 3. The molecule has 0 spiro atoms. The number of piperazine rings is 1. The molecule has 154 valence electrons. The molecule has 0 bridgehead atoms. The number of hydrogen-bond donors (Lipinski definition) is 1. The normalized spacial score (nSPS) is 14.0. The lowest BCUT2D eigenvalue weighted by Crippen LogP contribution is -2.50. The van der Waals surface area contributed by atoms with Crippen molar-refractivity contribution in [2.75, 3.05) is 38.1 Å². The quantitative estimate of drug-likeness (QED) is 0.680. The minimum atomic E-state index is -0.606. The Kier molecular flexibility index (Phi) is 7.13. The highest BCUT2D eigenvalue weighted by molar-refractivity contribution is 5.94. The largest absolute Gasteiger partial charge is 0.456 e. The highest BCUT2D eigenvalue weighted by atomic mass is 16.5. The van der Waals surface area contributed by atoms with Gasteiger partial charge in [-0.05, 0) is 13.8 Å². The summed E-state index contributed by atoms with van der Waals surface area (Å²) in [7, 11) is 1.77. The molecule has 10 nitrogen and oxygen atoms in total. The topological polar surface area (TPSA) is 114 Å². The first-order valence-electron chi connectivity index (χ1n) is 9.18. The zero-order valence-corrected chi connectivity index (χ0v) is 16.8. The van der Waals surface area contributed by atoms with Crippen molar-refractivity contribution in [1.82, 2.24) is 19.6 Å². The van der Waals surface area contributed by atoms with Crippen molar-refractivity contribution in [2.24, 2.45) is 7.05 Å². The Hall–Kier alpha value is -2.91. The molecule has 1 aliphatic heterocycles. The van der Waals surface area contributed by atoms with Gasteiger partial charge in [-0.1, -0.05) is 0 Å². The second-order valence-electron chi connectivity index (χ2n) is 6.77. The molecular weight excluding hydrogens is 366 g/mol. The summed E-state index contributed by atoms with van der Waals surface area (Å²) in [5, 5.41) is 6.87. The van der Waals surface area contributed by atoms with Crippen molar-refractivity contribution >= 4 is 29.4 Å². The molecule has 28 heavy (non-hydrogen) atoms.